The van der Waals surface area contributed by atoms with Gasteiger partial charge in [-0.3, -0.25) is 15.5 Å². The molecule has 0 amide bonds. The molecule has 0 aliphatic rings. The first-order valence-corrected chi connectivity index (χ1v) is 7.82. The monoisotopic (exact) mass is 307 g/mol. The highest BCUT2D eigenvalue weighted by Crippen LogP contribution is 2.28. The summed E-state index contributed by atoms with van der Waals surface area (Å²) < 4.78 is 1.22. The number of nitro benzene ring substituents is 1. The van der Waals surface area contributed by atoms with Crippen molar-refractivity contribution in [3.05, 3.63) is 50.9 Å². The molecule has 2 aromatic rings. The second kappa shape index (κ2) is 6.53. The Labute approximate surface area is 124 Å². The quantitative estimate of drug-likeness (QED) is 0.390. The van der Waals surface area contributed by atoms with Gasteiger partial charge in [-0.05, 0) is 31.4 Å². The maximum absolute atomic E-state index is 10.5. The molecular weight excluding hydrogens is 294 g/mol. The summed E-state index contributed by atoms with van der Waals surface area (Å²) in [5.74, 6) is 0. The second-order valence-electron chi connectivity index (χ2n) is 3.98. The molecule has 5 nitrogen and oxygen atoms in total. The summed E-state index contributed by atoms with van der Waals surface area (Å²) >= 11 is 3.43. The molecule has 7 heteroatoms. The highest BCUT2D eigenvalue weighted by atomic mass is 32.2. The molecule has 0 saturated heterocycles. The van der Waals surface area contributed by atoms with Gasteiger partial charge in [0.25, 0.3) is 5.69 Å². The molecule has 0 aliphatic heterocycles. The summed E-state index contributed by atoms with van der Waals surface area (Å²) in [7, 11) is 0. The third kappa shape index (κ3) is 3.58. The Kier molecular flexibility index (Phi) is 4.75. The molecule has 0 fully saturated rings. The molecule has 0 spiro atoms. The zero-order valence-corrected chi connectivity index (χ0v) is 12.6. The summed E-state index contributed by atoms with van der Waals surface area (Å²) in [5.41, 5.74) is 4.72. The van der Waals surface area contributed by atoms with Crippen LogP contribution in [0.2, 0.25) is 0 Å². The molecule has 1 aromatic heterocycles. The predicted octanol–water partition coefficient (Wildman–Crippen LogP) is 4.13. The van der Waals surface area contributed by atoms with Crippen LogP contribution < -0.4 is 5.43 Å². The van der Waals surface area contributed by atoms with E-state index in [1.54, 1.807) is 41.4 Å². The van der Waals surface area contributed by atoms with Crippen LogP contribution in [0.15, 0.2) is 39.6 Å². The molecule has 0 radical (unpaired) electrons. The Morgan fingerprint density at radius 2 is 2.10 bits per heavy atom. The first-order valence-electron chi connectivity index (χ1n) is 5.78. The number of nitro groups is 1. The van der Waals surface area contributed by atoms with Crippen LogP contribution in [0.1, 0.15) is 10.4 Å². The van der Waals surface area contributed by atoms with Crippen LogP contribution in [-0.2, 0) is 0 Å². The Balaban J connectivity index is 2.04. The third-order valence-electron chi connectivity index (χ3n) is 2.51. The SMILES string of the molecule is CSc1sc(C)cc1/C=N/Nc1ccc([N+](=O)[O-])cc1. The van der Waals surface area contributed by atoms with E-state index in [1.165, 1.54) is 21.2 Å². The van der Waals surface area contributed by atoms with Gasteiger partial charge in [0.1, 0.15) is 0 Å². The number of thioether (sulfide) groups is 1. The van der Waals surface area contributed by atoms with Crippen molar-refractivity contribution in [3.8, 4) is 0 Å². The second-order valence-corrected chi connectivity index (χ2v) is 6.31. The molecule has 1 aromatic carbocycles. The average molecular weight is 307 g/mol. The molecule has 0 saturated carbocycles. The average Bonchev–Trinajstić information content (AvgIpc) is 2.79. The molecule has 2 rings (SSSR count). The number of benzene rings is 1. The van der Waals surface area contributed by atoms with Gasteiger partial charge in [0.2, 0.25) is 0 Å². The fourth-order valence-corrected chi connectivity index (χ4v) is 3.38. The third-order valence-corrected chi connectivity index (χ3v) is 4.73. The van der Waals surface area contributed by atoms with Crippen LogP contribution in [0.5, 0.6) is 0 Å². The zero-order valence-electron chi connectivity index (χ0n) is 11.0. The normalized spacial score (nSPS) is 10.9. The lowest BCUT2D eigenvalue weighted by molar-refractivity contribution is -0.384. The number of non-ortho nitro benzene ring substituents is 1. The van der Waals surface area contributed by atoms with E-state index in [0.717, 1.165) is 5.56 Å². The van der Waals surface area contributed by atoms with Crippen molar-refractivity contribution < 1.29 is 4.92 Å². The van der Waals surface area contributed by atoms with Gasteiger partial charge in [-0.1, -0.05) is 0 Å². The van der Waals surface area contributed by atoms with E-state index < -0.39 is 4.92 Å². The van der Waals surface area contributed by atoms with Crippen LogP contribution in [0, 0.1) is 17.0 Å². The van der Waals surface area contributed by atoms with Gasteiger partial charge in [0.15, 0.2) is 0 Å². The van der Waals surface area contributed by atoms with Crippen molar-refractivity contribution in [2.24, 2.45) is 5.10 Å². The van der Waals surface area contributed by atoms with E-state index in [4.69, 9.17) is 0 Å². The highest BCUT2D eigenvalue weighted by molar-refractivity contribution is 8.00. The highest BCUT2D eigenvalue weighted by Gasteiger charge is 2.04. The van der Waals surface area contributed by atoms with Crippen LogP contribution >= 0.6 is 23.1 Å². The molecule has 0 atom stereocenters. The van der Waals surface area contributed by atoms with Gasteiger partial charge in [0.05, 0.1) is 21.0 Å². The number of thiophene rings is 1. The van der Waals surface area contributed by atoms with Crippen LogP contribution in [0.25, 0.3) is 0 Å². The van der Waals surface area contributed by atoms with E-state index in [1.807, 2.05) is 6.26 Å². The van der Waals surface area contributed by atoms with Crippen molar-refractivity contribution in [1.29, 1.82) is 0 Å². The lowest BCUT2D eigenvalue weighted by atomic mass is 10.3. The van der Waals surface area contributed by atoms with Gasteiger partial charge in [-0.2, -0.15) is 5.10 Å². The van der Waals surface area contributed by atoms with Gasteiger partial charge < -0.3 is 0 Å². The number of aryl methyl sites for hydroxylation is 1. The number of hydrogen-bond donors (Lipinski definition) is 1. The van der Waals surface area contributed by atoms with Crippen molar-refractivity contribution in [3.63, 3.8) is 0 Å². The number of hydrogen-bond acceptors (Lipinski definition) is 6. The van der Waals surface area contributed by atoms with Crippen LogP contribution in [-0.4, -0.2) is 17.4 Å². The smallest absolute Gasteiger partial charge is 0.269 e. The van der Waals surface area contributed by atoms with Gasteiger partial charge in [-0.25, -0.2) is 0 Å². The van der Waals surface area contributed by atoms with Crippen LogP contribution in [0.4, 0.5) is 11.4 Å². The predicted molar refractivity (Wildman–Crippen MR) is 85.2 cm³/mol. The minimum atomic E-state index is -0.425. The van der Waals surface area contributed by atoms with Crippen LogP contribution in [0.3, 0.4) is 0 Å². The standard InChI is InChI=1S/C13H13N3O2S2/c1-9-7-10(13(19-2)20-9)8-14-15-11-3-5-12(6-4-11)16(17)18/h3-8,15H,1-2H3/b14-8+. The molecule has 1 heterocycles. The van der Waals surface area contributed by atoms with E-state index in [2.05, 4.69) is 23.5 Å². The number of hydrazone groups is 1. The maximum Gasteiger partial charge on any atom is 0.269 e. The lowest BCUT2D eigenvalue weighted by Gasteiger charge is -1.99. The van der Waals surface area contributed by atoms with E-state index in [9.17, 15) is 10.1 Å². The summed E-state index contributed by atoms with van der Waals surface area (Å²) in [6, 6.07) is 8.23. The van der Waals surface area contributed by atoms with E-state index >= 15 is 0 Å². The minimum absolute atomic E-state index is 0.0673. The summed E-state index contributed by atoms with van der Waals surface area (Å²) in [6.07, 6.45) is 3.79. The molecule has 20 heavy (non-hydrogen) atoms. The number of rotatable bonds is 5. The van der Waals surface area contributed by atoms with Gasteiger partial charge in [0, 0.05) is 22.6 Å². The molecule has 0 bridgehead atoms. The Morgan fingerprint density at radius 1 is 1.40 bits per heavy atom. The Hall–Kier alpha value is -1.86. The van der Waals surface area contributed by atoms with E-state index in [-0.39, 0.29) is 5.69 Å². The lowest BCUT2D eigenvalue weighted by Crippen LogP contribution is -1.92. The fraction of sp³-hybridized carbons (Fsp3) is 0.154. The summed E-state index contributed by atoms with van der Waals surface area (Å²) in [4.78, 5) is 11.4. The van der Waals surface area contributed by atoms with E-state index in [0.29, 0.717) is 5.69 Å². The fourth-order valence-electron chi connectivity index (χ4n) is 1.60. The summed E-state index contributed by atoms with van der Waals surface area (Å²) in [5, 5.41) is 14.7. The van der Waals surface area contributed by atoms with Gasteiger partial charge >= 0.3 is 0 Å². The molecule has 0 aliphatic carbocycles. The number of nitrogens with one attached hydrogen (secondary N) is 1. The topological polar surface area (TPSA) is 67.5 Å². The molecular formula is C13H13N3O2S2. The largest absolute Gasteiger partial charge is 0.278 e. The number of nitrogens with zero attached hydrogens (tertiary/aromatic N) is 2. The Morgan fingerprint density at radius 3 is 2.70 bits per heavy atom. The molecule has 1 N–H and O–H groups in total. The maximum atomic E-state index is 10.5. The van der Waals surface area contributed by atoms with Gasteiger partial charge in [-0.15, -0.1) is 23.1 Å². The zero-order chi connectivity index (χ0) is 14.5. The van der Waals surface area contributed by atoms with Crippen molar-refractivity contribution in [2.45, 2.75) is 11.1 Å². The van der Waals surface area contributed by atoms with Crippen molar-refractivity contribution in [2.75, 3.05) is 11.7 Å². The molecule has 0 unspecified atom stereocenters. The number of anilines is 1. The molecule has 104 valence electrons. The van der Waals surface area contributed by atoms with Crippen molar-refractivity contribution >= 4 is 40.7 Å². The first kappa shape index (κ1) is 14.5. The summed E-state index contributed by atoms with van der Waals surface area (Å²) in [6.45, 7) is 2.06. The first-order chi connectivity index (χ1) is 9.60. The minimum Gasteiger partial charge on any atom is -0.278 e. The van der Waals surface area contributed by atoms with Crippen molar-refractivity contribution in [1.82, 2.24) is 0 Å². The Bertz CT molecular complexity index is 636.